The highest BCUT2D eigenvalue weighted by atomic mass is 127. The molecule has 0 amide bonds. The van der Waals surface area contributed by atoms with Crippen LogP contribution in [-0.4, -0.2) is 42.0 Å². The highest BCUT2D eigenvalue weighted by Gasteiger charge is 2.14. The summed E-state index contributed by atoms with van der Waals surface area (Å²) in [6, 6.07) is 0. The van der Waals surface area contributed by atoms with Gasteiger partial charge in [0.25, 0.3) is 0 Å². The second kappa shape index (κ2) is 8.64. The third-order valence-electron chi connectivity index (χ3n) is 2.70. The van der Waals surface area contributed by atoms with Crippen LogP contribution in [0, 0.1) is 6.92 Å². The van der Waals surface area contributed by atoms with Gasteiger partial charge in [0.2, 0.25) is 0 Å². The second-order valence-electron chi connectivity index (χ2n) is 4.25. The smallest absolute Gasteiger partial charge is 0.188 e. The van der Waals surface area contributed by atoms with Gasteiger partial charge in [-0.3, -0.25) is 4.99 Å². The van der Waals surface area contributed by atoms with E-state index < -0.39 is 0 Å². The number of aromatic nitrogens is 2. The number of ether oxygens (including phenoxy) is 1. The Morgan fingerprint density at radius 1 is 1.58 bits per heavy atom. The zero-order valence-corrected chi connectivity index (χ0v) is 14.1. The number of hydrogen-bond acceptors (Lipinski definition) is 5. The van der Waals surface area contributed by atoms with Crippen LogP contribution in [-0.2, 0) is 11.2 Å². The van der Waals surface area contributed by atoms with Crippen molar-refractivity contribution in [3.8, 4) is 0 Å². The fourth-order valence-electron chi connectivity index (χ4n) is 1.78. The van der Waals surface area contributed by atoms with Crippen LogP contribution in [0.4, 0.5) is 0 Å². The number of rotatable bonds is 5. The molecule has 0 aromatic carbocycles. The number of aliphatic imine (C=N–C) groups is 1. The fourth-order valence-corrected chi connectivity index (χ4v) is 2.49. The number of nitrogens with one attached hydrogen (secondary N) is 1. The summed E-state index contributed by atoms with van der Waals surface area (Å²) in [5, 5.41) is 13.1. The Hall–Kier alpha value is -0.480. The zero-order chi connectivity index (χ0) is 12.8. The molecule has 2 heterocycles. The Balaban J connectivity index is 0.00000180. The maximum Gasteiger partial charge on any atom is 0.188 e. The van der Waals surface area contributed by atoms with Gasteiger partial charge in [-0.15, -0.1) is 45.5 Å². The molecule has 0 bridgehead atoms. The molecule has 19 heavy (non-hydrogen) atoms. The molecule has 0 aliphatic carbocycles. The predicted octanol–water partition coefficient (Wildman–Crippen LogP) is 1.09. The lowest BCUT2D eigenvalue weighted by Gasteiger charge is -2.07. The summed E-state index contributed by atoms with van der Waals surface area (Å²) in [5.41, 5.74) is 5.77. The van der Waals surface area contributed by atoms with Crippen molar-refractivity contribution in [2.24, 2.45) is 10.7 Å². The average Bonchev–Trinajstić information content (AvgIpc) is 2.98. The lowest BCUT2D eigenvalue weighted by Crippen LogP contribution is -2.34. The molecule has 1 aliphatic rings. The van der Waals surface area contributed by atoms with E-state index >= 15 is 0 Å². The van der Waals surface area contributed by atoms with Crippen LogP contribution in [0.5, 0.6) is 0 Å². The van der Waals surface area contributed by atoms with Crippen LogP contribution in [0.1, 0.15) is 22.9 Å². The number of nitrogens with zero attached hydrogens (tertiary/aromatic N) is 3. The van der Waals surface area contributed by atoms with Crippen LogP contribution in [0.2, 0.25) is 0 Å². The van der Waals surface area contributed by atoms with Crippen molar-refractivity contribution in [1.82, 2.24) is 15.5 Å². The Labute approximate surface area is 134 Å². The first kappa shape index (κ1) is 16.6. The lowest BCUT2D eigenvalue weighted by molar-refractivity contribution is 0.118. The van der Waals surface area contributed by atoms with Gasteiger partial charge in [-0.1, -0.05) is 0 Å². The number of aryl methyl sites for hydroxylation is 1. The van der Waals surface area contributed by atoms with Crippen LogP contribution in [0.25, 0.3) is 0 Å². The van der Waals surface area contributed by atoms with Gasteiger partial charge in [0, 0.05) is 19.6 Å². The summed E-state index contributed by atoms with van der Waals surface area (Å²) >= 11 is 1.61. The molecule has 1 aliphatic heterocycles. The number of halogens is 1. The summed E-state index contributed by atoms with van der Waals surface area (Å²) in [6.45, 7) is 4.18. The molecule has 1 unspecified atom stereocenters. The Morgan fingerprint density at radius 2 is 2.42 bits per heavy atom. The molecule has 0 saturated carbocycles. The average molecular weight is 397 g/mol. The fraction of sp³-hybridized carbons (Fsp3) is 0.727. The maximum atomic E-state index is 5.77. The van der Waals surface area contributed by atoms with Crippen molar-refractivity contribution in [2.45, 2.75) is 32.3 Å². The Morgan fingerprint density at radius 3 is 3.05 bits per heavy atom. The zero-order valence-electron chi connectivity index (χ0n) is 11.0. The Bertz CT molecular complexity index is 406. The Kier molecular flexibility index (Phi) is 7.54. The molecule has 0 radical (unpaired) electrons. The molecular formula is C11H20IN5OS. The largest absolute Gasteiger partial charge is 0.376 e. The van der Waals surface area contributed by atoms with Crippen molar-refractivity contribution in [3.63, 3.8) is 0 Å². The van der Waals surface area contributed by atoms with Crippen LogP contribution >= 0.6 is 35.3 Å². The molecule has 1 fully saturated rings. The highest BCUT2D eigenvalue weighted by Crippen LogP contribution is 2.11. The molecule has 8 heteroatoms. The number of nitrogens with two attached hydrogens (primary N) is 1. The summed E-state index contributed by atoms with van der Waals surface area (Å²) < 4.78 is 5.47. The first-order chi connectivity index (χ1) is 8.74. The maximum absolute atomic E-state index is 5.77. The lowest BCUT2D eigenvalue weighted by atomic mass is 10.2. The summed E-state index contributed by atoms with van der Waals surface area (Å²) in [5.74, 6) is 0.478. The predicted molar refractivity (Wildman–Crippen MR) is 87.2 cm³/mol. The number of hydrogen-bond donors (Lipinski definition) is 2. The van der Waals surface area contributed by atoms with Crippen LogP contribution < -0.4 is 11.1 Å². The molecular weight excluding hydrogens is 377 g/mol. The highest BCUT2D eigenvalue weighted by molar-refractivity contribution is 14.0. The van der Waals surface area contributed by atoms with Crippen LogP contribution in [0.15, 0.2) is 4.99 Å². The van der Waals surface area contributed by atoms with Crippen LogP contribution in [0.3, 0.4) is 0 Å². The molecule has 6 nitrogen and oxygen atoms in total. The topological polar surface area (TPSA) is 85.4 Å². The molecule has 108 valence electrons. The van der Waals surface area contributed by atoms with Gasteiger partial charge in [-0.05, 0) is 19.8 Å². The standard InChI is InChI=1S/C11H19N5OS.HI/c1-8-15-16-10(18-8)4-5-13-11(12)14-7-9-3-2-6-17-9;/h9H,2-7H2,1H3,(H3,12,13,14);1H. The molecule has 0 spiro atoms. The minimum atomic E-state index is 0. The summed E-state index contributed by atoms with van der Waals surface area (Å²) in [6.07, 6.45) is 3.28. The van der Waals surface area contributed by atoms with E-state index in [2.05, 4.69) is 20.5 Å². The first-order valence-electron chi connectivity index (χ1n) is 6.18. The number of guanidine groups is 1. The van der Waals surface area contributed by atoms with Gasteiger partial charge >= 0.3 is 0 Å². The van der Waals surface area contributed by atoms with E-state index in [0.717, 1.165) is 42.4 Å². The molecule has 1 atom stereocenters. The monoisotopic (exact) mass is 397 g/mol. The van der Waals surface area contributed by atoms with Gasteiger partial charge in [-0.2, -0.15) is 0 Å². The molecule has 3 N–H and O–H groups in total. The van der Waals surface area contributed by atoms with E-state index in [1.54, 1.807) is 11.3 Å². The molecule has 1 aromatic rings. The van der Waals surface area contributed by atoms with E-state index in [1.165, 1.54) is 0 Å². The summed E-state index contributed by atoms with van der Waals surface area (Å²) in [7, 11) is 0. The summed E-state index contributed by atoms with van der Waals surface area (Å²) in [4.78, 5) is 4.27. The molecule has 1 aromatic heterocycles. The van der Waals surface area contributed by atoms with E-state index in [-0.39, 0.29) is 30.1 Å². The van der Waals surface area contributed by atoms with Crippen molar-refractivity contribution < 1.29 is 4.74 Å². The van der Waals surface area contributed by atoms with Gasteiger partial charge < -0.3 is 15.8 Å². The quantitative estimate of drug-likeness (QED) is 0.442. The van der Waals surface area contributed by atoms with E-state index in [9.17, 15) is 0 Å². The SMILES string of the molecule is Cc1nnc(CCNC(N)=NCC2CCCO2)s1.I. The van der Waals surface area contributed by atoms with Crippen molar-refractivity contribution >= 4 is 41.3 Å². The van der Waals surface area contributed by atoms with Gasteiger partial charge in [-0.25, -0.2) is 0 Å². The van der Waals surface area contributed by atoms with E-state index in [1.807, 2.05) is 6.92 Å². The van der Waals surface area contributed by atoms with Gasteiger partial charge in [0.05, 0.1) is 12.6 Å². The minimum Gasteiger partial charge on any atom is -0.376 e. The normalized spacial score (nSPS) is 19.2. The van der Waals surface area contributed by atoms with Crippen molar-refractivity contribution in [3.05, 3.63) is 10.0 Å². The van der Waals surface area contributed by atoms with Gasteiger partial charge in [0.15, 0.2) is 5.96 Å². The minimum absolute atomic E-state index is 0. The van der Waals surface area contributed by atoms with Crippen molar-refractivity contribution in [2.75, 3.05) is 19.7 Å². The first-order valence-corrected chi connectivity index (χ1v) is 7.00. The molecule has 2 rings (SSSR count). The van der Waals surface area contributed by atoms with E-state index in [4.69, 9.17) is 10.5 Å². The third kappa shape index (κ3) is 6.00. The molecule has 1 saturated heterocycles. The van der Waals surface area contributed by atoms with Crippen molar-refractivity contribution in [1.29, 1.82) is 0 Å². The third-order valence-corrected chi connectivity index (χ3v) is 3.60. The van der Waals surface area contributed by atoms with E-state index in [0.29, 0.717) is 12.5 Å². The van der Waals surface area contributed by atoms with Gasteiger partial charge in [0.1, 0.15) is 10.0 Å². The second-order valence-corrected chi connectivity index (χ2v) is 5.52.